The van der Waals surface area contributed by atoms with E-state index in [0.717, 1.165) is 10.5 Å². The third-order valence-electron chi connectivity index (χ3n) is 5.54. The predicted octanol–water partition coefficient (Wildman–Crippen LogP) is 1.28. The maximum Gasteiger partial charge on any atom is 0.326 e. The minimum Gasteiger partial charge on any atom is -0.496 e. The zero-order valence-corrected chi connectivity index (χ0v) is 15.4. The third-order valence-corrected chi connectivity index (χ3v) is 5.54. The van der Waals surface area contributed by atoms with Crippen molar-refractivity contribution in [1.82, 2.24) is 10.2 Å². The molecule has 1 aromatic rings. The average Bonchev–Trinajstić information content (AvgIpc) is 3.11. The number of amides is 2. The molecule has 2 fully saturated rings. The third kappa shape index (κ3) is 2.41. The molecule has 0 bridgehead atoms. The molecule has 2 aliphatic rings. The minimum absolute atomic E-state index is 0.287. The summed E-state index contributed by atoms with van der Waals surface area (Å²) in [6.45, 7) is 1.93. The number of carbonyl (C=O) groups is 3. The van der Waals surface area contributed by atoms with E-state index in [9.17, 15) is 14.4 Å². The number of likely N-dealkylation sites (tertiary alicyclic amines) is 1. The fourth-order valence-corrected chi connectivity index (χ4v) is 4.43. The highest BCUT2D eigenvalue weighted by atomic mass is 16.5. The van der Waals surface area contributed by atoms with E-state index < -0.39 is 29.4 Å². The van der Waals surface area contributed by atoms with Gasteiger partial charge in [-0.2, -0.15) is 0 Å². The molecular weight excluding hydrogens is 336 g/mol. The summed E-state index contributed by atoms with van der Waals surface area (Å²) in [4.78, 5) is 39.6. The largest absolute Gasteiger partial charge is 0.496 e. The van der Waals surface area contributed by atoms with Crippen molar-refractivity contribution in [3.05, 3.63) is 29.8 Å². The van der Waals surface area contributed by atoms with Crippen molar-refractivity contribution in [2.24, 2.45) is 11.8 Å². The molecule has 140 valence electrons. The SMILES string of the molecule is CCC[C@]1(C(=O)OC)N[C@H](c2ccccc2OC)[C@H]2C(=O)N(C)C(=O)[C@H]21. The van der Waals surface area contributed by atoms with Crippen molar-refractivity contribution in [2.45, 2.75) is 31.3 Å². The molecule has 1 N–H and O–H groups in total. The molecule has 3 rings (SSSR count). The van der Waals surface area contributed by atoms with E-state index in [2.05, 4.69) is 5.32 Å². The first-order chi connectivity index (χ1) is 12.4. The second-order valence-electron chi connectivity index (χ2n) is 6.82. The second-order valence-corrected chi connectivity index (χ2v) is 6.82. The molecule has 2 saturated heterocycles. The molecule has 26 heavy (non-hydrogen) atoms. The Morgan fingerprint density at radius 2 is 1.92 bits per heavy atom. The maximum absolute atomic E-state index is 12.9. The summed E-state index contributed by atoms with van der Waals surface area (Å²) >= 11 is 0. The van der Waals surface area contributed by atoms with Crippen LogP contribution in [0.4, 0.5) is 0 Å². The molecule has 0 radical (unpaired) electrons. The molecule has 0 saturated carbocycles. The zero-order chi connectivity index (χ0) is 19.1. The van der Waals surface area contributed by atoms with Gasteiger partial charge in [0.05, 0.1) is 26.1 Å². The van der Waals surface area contributed by atoms with E-state index in [1.54, 1.807) is 13.2 Å². The molecule has 1 aromatic carbocycles. The van der Waals surface area contributed by atoms with Crippen LogP contribution in [-0.4, -0.2) is 49.5 Å². The fourth-order valence-electron chi connectivity index (χ4n) is 4.43. The molecular formula is C19H24N2O5. The highest BCUT2D eigenvalue weighted by molar-refractivity contribution is 6.09. The van der Waals surface area contributed by atoms with Gasteiger partial charge in [-0.3, -0.25) is 24.6 Å². The Hall–Kier alpha value is -2.41. The lowest BCUT2D eigenvalue weighted by molar-refractivity contribution is -0.154. The number of rotatable bonds is 5. The van der Waals surface area contributed by atoms with E-state index in [1.165, 1.54) is 14.2 Å². The fraction of sp³-hybridized carbons (Fsp3) is 0.526. The van der Waals surface area contributed by atoms with Crippen molar-refractivity contribution in [2.75, 3.05) is 21.3 Å². The van der Waals surface area contributed by atoms with Gasteiger partial charge in [0.15, 0.2) is 0 Å². The molecule has 2 heterocycles. The van der Waals surface area contributed by atoms with Gasteiger partial charge in [0.25, 0.3) is 0 Å². The quantitative estimate of drug-likeness (QED) is 0.629. The summed E-state index contributed by atoms with van der Waals surface area (Å²) in [5, 5.41) is 3.31. The smallest absolute Gasteiger partial charge is 0.326 e. The van der Waals surface area contributed by atoms with Crippen LogP contribution in [-0.2, 0) is 19.1 Å². The van der Waals surface area contributed by atoms with Crippen LogP contribution in [0.1, 0.15) is 31.4 Å². The van der Waals surface area contributed by atoms with Gasteiger partial charge >= 0.3 is 5.97 Å². The zero-order valence-electron chi connectivity index (χ0n) is 15.4. The lowest BCUT2D eigenvalue weighted by Gasteiger charge is -2.32. The van der Waals surface area contributed by atoms with Gasteiger partial charge in [0, 0.05) is 18.7 Å². The number of nitrogens with zero attached hydrogens (tertiary/aromatic N) is 1. The molecule has 0 aromatic heterocycles. The molecule has 0 aliphatic carbocycles. The second kappa shape index (κ2) is 6.72. The van der Waals surface area contributed by atoms with Crippen molar-refractivity contribution in [3.63, 3.8) is 0 Å². The number of imide groups is 1. The first-order valence-corrected chi connectivity index (χ1v) is 8.73. The average molecular weight is 360 g/mol. The summed E-state index contributed by atoms with van der Waals surface area (Å²) in [5.74, 6) is -2.00. The number of hydrogen-bond acceptors (Lipinski definition) is 6. The van der Waals surface area contributed by atoms with Gasteiger partial charge in [0.1, 0.15) is 11.3 Å². The number of para-hydroxylation sites is 1. The first kappa shape index (κ1) is 18.4. The van der Waals surface area contributed by atoms with E-state index in [1.807, 2.05) is 25.1 Å². The van der Waals surface area contributed by atoms with E-state index in [0.29, 0.717) is 18.6 Å². The Morgan fingerprint density at radius 3 is 2.54 bits per heavy atom. The standard InChI is InChI=1S/C19H24N2O5/c1-5-10-19(18(24)26-4)14-13(16(22)21(2)17(14)23)15(20-19)11-8-6-7-9-12(11)25-3/h6-9,13-15,20H,5,10H2,1-4H3/t13-,14-,15+,19-/m0/s1. The summed E-state index contributed by atoms with van der Waals surface area (Å²) in [7, 11) is 4.33. The Bertz CT molecular complexity index is 749. The van der Waals surface area contributed by atoms with Gasteiger partial charge < -0.3 is 9.47 Å². The number of nitrogens with one attached hydrogen (secondary N) is 1. The normalized spacial score (nSPS) is 30.5. The van der Waals surface area contributed by atoms with Crippen molar-refractivity contribution in [3.8, 4) is 5.75 Å². The van der Waals surface area contributed by atoms with Gasteiger partial charge in [-0.25, -0.2) is 0 Å². The van der Waals surface area contributed by atoms with Crippen LogP contribution >= 0.6 is 0 Å². The minimum atomic E-state index is -1.23. The molecule has 4 atom stereocenters. The maximum atomic E-state index is 12.9. The predicted molar refractivity (Wildman–Crippen MR) is 93.3 cm³/mol. The monoisotopic (exact) mass is 360 g/mol. The number of ether oxygens (including phenoxy) is 2. The van der Waals surface area contributed by atoms with Gasteiger partial charge in [-0.1, -0.05) is 31.5 Å². The molecule has 7 heteroatoms. The van der Waals surface area contributed by atoms with Crippen molar-refractivity contribution < 1.29 is 23.9 Å². The van der Waals surface area contributed by atoms with Crippen LogP contribution < -0.4 is 10.1 Å². The molecule has 0 unspecified atom stereocenters. The van der Waals surface area contributed by atoms with Crippen molar-refractivity contribution >= 4 is 17.8 Å². The van der Waals surface area contributed by atoms with Crippen LogP contribution in [0.15, 0.2) is 24.3 Å². The Labute approximate surface area is 152 Å². The Kier molecular flexibility index (Phi) is 4.75. The molecule has 0 spiro atoms. The lowest BCUT2D eigenvalue weighted by Crippen LogP contribution is -2.56. The highest BCUT2D eigenvalue weighted by Gasteiger charge is 2.68. The number of carbonyl (C=O) groups excluding carboxylic acids is 3. The van der Waals surface area contributed by atoms with Crippen LogP contribution in [0.5, 0.6) is 5.75 Å². The topological polar surface area (TPSA) is 84.9 Å². The summed E-state index contributed by atoms with van der Waals surface area (Å²) in [6.07, 6.45) is 1.06. The summed E-state index contributed by atoms with van der Waals surface area (Å²) < 4.78 is 10.5. The van der Waals surface area contributed by atoms with Crippen LogP contribution in [0, 0.1) is 11.8 Å². The van der Waals surface area contributed by atoms with Crippen LogP contribution in [0.3, 0.4) is 0 Å². The lowest BCUT2D eigenvalue weighted by atomic mass is 9.77. The molecule has 2 aliphatic heterocycles. The Morgan fingerprint density at radius 1 is 1.23 bits per heavy atom. The molecule has 7 nitrogen and oxygen atoms in total. The number of benzene rings is 1. The van der Waals surface area contributed by atoms with Gasteiger partial charge in [-0.05, 0) is 12.5 Å². The van der Waals surface area contributed by atoms with E-state index in [-0.39, 0.29) is 11.8 Å². The number of esters is 1. The van der Waals surface area contributed by atoms with Gasteiger partial charge in [-0.15, -0.1) is 0 Å². The Balaban J connectivity index is 2.17. The summed E-state index contributed by atoms with van der Waals surface area (Å²) in [6, 6.07) is 6.82. The highest BCUT2D eigenvalue weighted by Crippen LogP contribution is 2.51. The van der Waals surface area contributed by atoms with Crippen LogP contribution in [0.2, 0.25) is 0 Å². The van der Waals surface area contributed by atoms with Gasteiger partial charge in [0.2, 0.25) is 11.8 Å². The molecule has 2 amide bonds. The number of methoxy groups -OCH3 is 2. The number of fused-ring (bicyclic) bond motifs is 1. The summed E-state index contributed by atoms with van der Waals surface area (Å²) in [5.41, 5.74) is -0.472. The first-order valence-electron chi connectivity index (χ1n) is 8.73. The van der Waals surface area contributed by atoms with Crippen molar-refractivity contribution in [1.29, 1.82) is 0 Å². The number of hydrogen-bond donors (Lipinski definition) is 1. The van der Waals surface area contributed by atoms with E-state index >= 15 is 0 Å². The van der Waals surface area contributed by atoms with Crippen LogP contribution in [0.25, 0.3) is 0 Å². The van der Waals surface area contributed by atoms with E-state index in [4.69, 9.17) is 9.47 Å².